The van der Waals surface area contributed by atoms with Gasteiger partial charge in [0.05, 0.1) is 5.56 Å². The number of nitrogens with one attached hydrogen (secondary N) is 2. The molecule has 2 atom stereocenters. The van der Waals surface area contributed by atoms with Crippen LogP contribution in [-0.2, 0) is 0 Å². The van der Waals surface area contributed by atoms with E-state index in [1.807, 2.05) is 31.2 Å². The monoisotopic (exact) mass is 357 g/mol. The van der Waals surface area contributed by atoms with E-state index in [-0.39, 0.29) is 29.3 Å². The Morgan fingerprint density at radius 2 is 2.00 bits per heavy atom. The third-order valence-corrected chi connectivity index (χ3v) is 4.66. The van der Waals surface area contributed by atoms with E-state index in [0.29, 0.717) is 0 Å². The highest BCUT2D eigenvalue weighted by molar-refractivity contribution is 5.98. The first-order valence-corrected chi connectivity index (χ1v) is 8.80. The number of hydrogen-bond acceptors (Lipinski definition) is 5. The van der Waals surface area contributed by atoms with Crippen LogP contribution < -0.4 is 22.1 Å². The topological polar surface area (TPSA) is 106 Å². The Morgan fingerprint density at radius 3 is 2.69 bits per heavy atom. The van der Waals surface area contributed by atoms with E-state index in [1.54, 1.807) is 0 Å². The summed E-state index contributed by atoms with van der Waals surface area (Å²) in [6.07, 6.45) is 3.88. The third-order valence-electron chi connectivity index (χ3n) is 4.66. The minimum Gasteiger partial charge on any atom is -0.365 e. The van der Waals surface area contributed by atoms with Crippen molar-refractivity contribution in [2.24, 2.45) is 11.5 Å². The lowest BCUT2D eigenvalue weighted by molar-refractivity contribution is 0.100. The van der Waals surface area contributed by atoms with Gasteiger partial charge >= 0.3 is 0 Å². The largest absolute Gasteiger partial charge is 0.365 e. The fourth-order valence-corrected chi connectivity index (χ4v) is 3.25. The zero-order valence-corrected chi connectivity index (χ0v) is 14.8. The number of rotatable bonds is 5. The molecule has 0 spiro atoms. The number of benzene rings is 1. The van der Waals surface area contributed by atoms with Gasteiger partial charge in [-0.25, -0.2) is 9.37 Å². The molecule has 0 aliphatic heterocycles. The molecule has 1 heterocycles. The summed E-state index contributed by atoms with van der Waals surface area (Å²) < 4.78 is 14.5. The van der Waals surface area contributed by atoms with Crippen molar-refractivity contribution in [3.05, 3.63) is 47.3 Å². The molecule has 0 saturated heterocycles. The van der Waals surface area contributed by atoms with Gasteiger partial charge in [-0.05, 0) is 43.5 Å². The lowest BCUT2D eigenvalue weighted by Gasteiger charge is -2.30. The second-order valence-corrected chi connectivity index (χ2v) is 6.77. The van der Waals surface area contributed by atoms with E-state index >= 15 is 0 Å². The van der Waals surface area contributed by atoms with Gasteiger partial charge in [-0.2, -0.15) is 0 Å². The van der Waals surface area contributed by atoms with Crippen LogP contribution in [0.4, 0.5) is 21.7 Å². The fourth-order valence-electron chi connectivity index (χ4n) is 3.25. The molecule has 1 aromatic heterocycles. The lowest BCUT2D eigenvalue weighted by Crippen LogP contribution is -2.43. The number of pyridine rings is 1. The maximum Gasteiger partial charge on any atom is 0.252 e. The third kappa shape index (κ3) is 4.11. The van der Waals surface area contributed by atoms with Gasteiger partial charge in [-0.1, -0.05) is 25.0 Å². The van der Waals surface area contributed by atoms with Gasteiger partial charge in [0.15, 0.2) is 11.6 Å². The molecular weight excluding hydrogens is 333 g/mol. The molecule has 0 radical (unpaired) electrons. The first-order valence-electron chi connectivity index (χ1n) is 8.80. The highest BCUT2D eigenvalue weighted by Crippen LogP contribution is 2.26. The van der Waals surface area contributed by atoms with Gasteiger partial charge in [0, 0.05) is 17.8 Å². The Hall–Kier alpha value is -2.67. The summed E-state index contributed by atoms with van der Waals surface area (Å²) in [5, 5.41) is 6.16. The Morgan fingerprint density at radius 1 is 1.23 bits per heavy atom. The van der Waals surface area contributed by atoms with Crippen molar-refractivity contribution in [1.82, 2.24) is 4.98 Å². The van der Waals surface area contributed by atoms with Gasteiger partial charge in [0.1, 0.15) is 5.82 Å². The predicted molar refractivity (Wildman–Crippen MR) is 101 cm³/mol. The molecule has 1 amide bonds. The second-order valence-electron chi connectivity index (χ2n) is 6.77. The van der Waals surface area contributed by atoms with Gasteiger partial charge in [0.2, 0.25) is 0 Å². The zero-order valence-electron chi connectivity index (χ0n) is 14.8. The van der Waals surface area contributed by atoms with Gasteiger partial charge < -0.3 is 22.1 Å². The molecule has 1 aliphatic rings. The van der Waals surface area contributed by atoms with Crippen LogP contribution in [0.5, 0.6) is 0 Å². The Kier molecular flexibility index (Phi) is 5.37. The molecule has 1 unspecified atom stereocenters. The number of amides is 1. The molecule has 1 aromatic carbocycles. The molecule has 7 heteroatoms. The van der Waals surface area contributed by atoms with Gasteiger partial charge in [-0.3, -0.25) is 4.79 Å². The first-order chi connectivity index (χ1) is 12.4. The van der Waals surface area contributed by atoms with E-state index < -0.39 is 11.7 Å². The van der Waals surface area contributed by atoms with Gasteiger partial charge in [-0.15, -0.1) is 0 Å². The maximum absolute atomic E-state index is 14.5. The first kappa shape index (κ1) is 18.1. The minimum absolute atomic E-state index is 0.00231. The zero-order chi connectivity index (χ0) is 18.7. The minimum atomic E-state index is -0.743. The number of anilines is 3. The van der Waals surface area contributed by atoms with Crippen molar-refractivity contribution in [2.45, 2.75) is 44.7 Å². The number of nitrogens with zero attached hydrogens (tertiary/aromatic N) is 1. The molecule has 26 heavy (non-hydrogen) atoms. The molecule has 1 fully saturated rings. The van der Waals surface area contributed by atoms with E-state index in [9.17, 15) is 9.18 Å². The Balaban J connectivity index is 1.92. The molecule has 1 saturated carbocycles. The molecular formula is C19H24FN5O. The quantitative estimate of drug-likeness (QED) is 0.658. The Labute approximate surface area is 152 Å². The standard InChI is InChI=1S/C19H24FN5O/c1-11-5-4-6-12(9-11)23-18-13(17(22)26)10-14(20)19(25-18)24-16-8-3-2-7-15(16)21/h4-6,9-10,15-16H,2-3,7-8,21H2,1H3,(H2,22,26)(H2,23,24,25)/t15?,16-/m1/s1. The number of aromatic nitrogens is 1. The summed E-state index contributed by atoms with van der Waals surface area (Å²) in [6, 6.07) is 8.60. The van der Waals surface area contributed by atoms with Crippen LogP contribution in [0, 0.1) is 12.7 Å². The van der Waals surface area contributed by atoms with Crippen molar-refractivity contribution in [3.8, 4) is 0 Å². The number of hydrogen-bond donors (Lipinski definition) is 4. The molecule has 3 rings (SSSR count). The summed E-state index contributed by atoms with van der Waals surface area (Å²) in [4.78, 5) is 16.0. The van der Waals surface area contributed by atoms with Crippen molar-refractivity contribution in [3.63, 3.8) is 0 Å². The van der Waals surface area contributed by atoms with Crippen LogP contribution in [-0.4, -0.2) is 23.0 Å². The van der Waals surface area contributed by atoms with E-state index in [0.717, 1.165) is 43.0 Å². The van der Waals surface area contributed by atoms with E-state index in [2.05, 4.69) is 15.6 Å². The predicted octanol–water partition coefficient (Wildman–Crippen LogP) is 3.05. The van der Waals surface area contributed by atoms with Crippen molar-refractivity contribution in [1.29, 1.82) is 0 Å². The van der Waals surface area contributed by atoms with E-state index in [4.69, 9.17) is 11.5 Å². The van der Waals surface area contributed by atoms with Crippen molar-refractivity contribution < 1.29 is 9.18 Å². The summed E-state index contributed by atoms with van der Waals surface area (Å²) in [5.74, 6) is -1.07. The van der Waals surface area contributed by atoms with Crippen LogP contribution >= 0.6 is 0 Å². The molecule has 6 N–H and O–H groups in total. The number of carbonyl (C=O) groups excluding carboxylic acids is 1. The number of nitrogens with two attached hydrogens (primary N) is 2. The molecule has 0 bridgehead atoms. The molecule has 1 aliphatic carbocycles. The molecule has 6 nitrogen and oxygen atoms in total. The van der Waals surface area contributed by atoms with Crippen LogP contribution in [0.3, 0.4) is 0 Å². The van der Waals surface area contributed by atoms with Gasteiger partial charge in [0.25, 0.3) is 5.91 Å². The number of carbonyl (C=O) groups is 1. The second kappa shape index (κ2) is 7.70. The van der Waals surface area contributed by atoms with Crippen LogP contribution in [0.15, 0.2) is 30.3 Å². The van der Waals surface area contributed by atoms with Crippen molar-refractivity contribution >= 4 is 23.2 Å². The number of aryl methyl sites for hydroxylation is 1. The average molecular weight is 357 g/mol. The van der Waals surface area contributed by atoms with Crippen molar-refractivity contribution in [2.75, 3.05) is 10.6 Å². The average Bonchev–Trinajstić information content (AvgIpc) is 2.59. The van der Waals surface area contributed by atoms with Crippen LogP contribution in [0.1, 0.15) is 41.6 Å². The molecule has 2 aromatic rings. The summed E-state index contributed by atoms with van der Waals surface area (Å²) in [7, 11) is 0. The fraction of sp³-hybridized carbons (Fsp3) is 0.368. The SMILES string of the molecule is Cc1cccc(Nc2nc(N[C@@H]3CCCCC3N)c(F)cc2C(N)=O)c1. The lowest BCUT2D eigenvalue weighted by atomic mass is 9.91. The maximum atomic E-state index is 14.5. The highest BCUT2D eigenvalue weighted by atomic mass is 19.1. The van der Waals surface area contributed by atoms with E-state index in [1.165, 1.54) is 0 Å². The van der Waals surface area contributed by atoms with Crippen LogP contribution in [0.25, 0.3) is 0 Å². The summed E-state index contributed by atoms with van der Waals surface area (Å²) in [5.41, 5.74) is 13.3. The number of halogens is 1. The Bertz CT molecular complexity index is 811. The molecule has 138 valence electrons. The summed E-state index contributed by atoms with van der Waals surface area (Å²) in [6.45, 7) is 1.95. The van der Waals surface area contributed by atoms with Crippen LogP contribution in [0.2, 0.25) is 0 Å². The normalized spacial score (nSPS) is 19.8. The smallest absolute Gasteiger partial charge is 0.252 e. The highest BCUT2D eigenvalue weighted by Gasteiger charge is 2.24. The number of primary amides is 1. The summed E-state index contributed by atoms with van der Waals surface area (Å²) >= 11 is 0.